The molecule has 19 heavy (non-hydrogen) atoms. The Hall–Kier alpha value is -1.97. The molecule has 0 aliphatic rings. The summed E-state index contributed by atoms with van der Waals surface area (Å²) in [5.41, 5.74) is 7.89. The van der Waals surface area contributed by atoms with Crippen LogP contribution in [0.3, 0.4) is 0 Å². The summed E-state index contributed by atoms with van der Waals surface area (Å²) >= 11 is 0. The first-order chi connectivity index (χ1) is 8.75. The maximum Gasteiger partial charge on any atom is 0.153 e. The molecule has 0 saturated heterocycles. The Bertz CT molecular complexity index is 525. The zero-order chi connectivity index (χ0) is 14.6. The molecule has 0 amide bonds. The molecule has 0 spiro atoms. The molecule has 0 heterocycles. The van der Waals surface area contributed by atoms with Crippen molar-refractivity contribution < 1.29 is 4.79 Å². The first kappa shape index (κ1) is 15.1. The number of Topliss-reactive ketones (excluding diaryl/α,β-unsaturated/α-hetero) is 1. The summed E-state index contributed by atoms with van der Waals surface area (Å²) in [6.45, 7) is 8.99. The van der Waals surface area contributed by atoms with Crippen molar-refractivity contribution in [2.45, 2.75) is 34.6 Å². The molecule has 0 aromatic heterocycles. The number of nitrogens with two attached hydrogens (primary N) is 1. The van der Waals surface area contributed by atoms with E-state index < -0.39 is 5.41 Å². The van der Waals surface area contributed by atoms with Crippen molar-refractivity contribution in [1.29, 1.82) is 0 Å². The number of carbonyl (C=O) groups is 1. The van der Waals surface area contributed by atoms with Crippen molar-refractivity contribution in [3.63, 3.8) is 0 Å². The fourth-order valence-electron chi connectivity index (χ4n) is 1.29. The molecule has 0 radical (unpaired) electrons. The number of rotatable bonds is 4. The van der Waals surface area contributed by atoms with E-state index in [9.17, 15) is 4.79 Å². The maximum atomic E-state index is 11.5. The Morgan fingerprint density at radius 3 is 2.11 bits per heavy atom. The van der Waals surface area contributed by atoms with Crippen LogP contribution in [0.1, 0.15) is 38.8 Å². The van der Waals surface area contributed by atoms with Crippen molar-refractivity contribution in [1.82, 2.24) is 0 Å². The van der Waals surface area contributed by atoms with Gasteiger partial charge in [-0.05, 0) is 34.6 Å². The average molecular weight is 259 g/mol. The Morgan fingerprint density at radius 2 is 1.63 bits per heavy atom. The molecule has 0 aliphatic carbocycles. The first-order valence-electron chi connectivity index (χ1n) is 6.21. The third-order valence-corrected chi connectivity index (χ3v) is 3.44. The molecule has 0 bridgehead atoms. The zero-order valence-electron chi connectivity index (χ0n) is 12.2. The lowest BCUT2D eigenvalue weighted by atomic mass is 9.84. The van der Waals surface area contributed by atoms with Crippen molar-refractivity contribution >= 4 is 17.3 Å². The predicted octanol–water partition coefficient (Wildman–Crippen LogP) is 2.69. The van der Waals surface area contributed by atoms with Gasteiger partial charge in [-0.15, -0.1) is 5.10 Å². The van der Waals surface area contributed by atoms with Crippen LogP contribution in [0.2, 0.25) is 0 Å². The van der Waals surface area contributed by atoms with E-state index in [1.54, 1.807) is 13.8 Å². The Balaban J connectivity index is 2.97. The average Bonchev–Trinajstić information content (AvgIpc) is 2.36. The van der Waals surface area contributed by atoms with Crippen LogP contribution in [0, 0.1) is 12.3 Å². The molecule has 0 atom stereocenters. The highest BCUT2D eigenvalue weighted by Gasteiger charge is 2.27. The number of nitrogens with zero attached hydrogens (tertiary/aromatic N) is 2. The van der Waals surface area contributed by atoms with E-state index >= 15 is 0 Å². The van der Waals surface area contributed by atoms with Gasteiger partial charge in [-0.25, -0.2) is 0 Å². The van der Waals surface area contributed by atoms with Gasteiger partial charge in [0.15, 0.2) is 5.84 Å². The third-order valence-electron chi connectivity index (χ3n) is 3.44. The van der Waals surface area contributed by atoms with Gasteiger partial charge in [-0.3, -0.25) is 4.79 Å². The van der Waals surface area contributed by atoms with Crippen LogP contribution in [-0.2, 0) is 4.79 Å². The highest BCUT2D eigenvalue weighted by atomic mass is 16.1. The van der Waals surface area contributed by atoms with E-state index in [1.807, 2.05) is 45.0 Å². The first-order valence-corrected chi connectivity index (χ1v) is 6.21. The number of amidine groups is 1. The standard InChI is InChI=1S/C15H21N3O/c1-10-6-8-13(9-7-10)14(16)18-17-11(2)15(4,5)12(3)19/h6-9H,1-5H3,(H2,16,18)/b17-11-. The fourth-order valence-corrected chi connectivity index (χ4v) is 1.29. The molecule has 102 valence electrons. The van der Waals surface area contributed by atoms with E-state index in [0.717, 1.165) is 11.1 Å². The normalized spacial score (nSPS) is 13.5. The number of aryl methyl sites for hydroxylation is 1. The van der Waals surface area contributed by atoms with Gasteiger partial charge in [0.1, 0.15) is 5.78 Å². The predicted molar refractivity (Wildman–Crippen MR) is 79.5 cm³/mol. The van der Waals surface area contributed by atoms with E-state index in [1.165, 1.54) is 0 Å². The molecule has 1 rings (SSSR count). The van der Waals surface area contributed by atoms with E-state index in [0.29, 0.717) is 11.5 Å². The van der Waals surface area contributed by atoms with Gasteiger partial charge in [0.05, 0.1) is 11.1 Å². The lowest BCUT2D eigenvalue weighted by Gasteiger charge is -2.19. The van der Waals surface area contributed by atoms with E-state index in [4.69, 9.17) is 5.73 Å². The summed E-state index contributed by atoms with van der Waals surface area (Å²) < 4.78 is 0. The molecule has 4 heteroatoms. The van der Waals surface area contributed by atoms with E-state index in [-0.39, 0.29) is 5.78 Å². The van der Waals surface area contributed by atoms with Gasteiger partial charge in [0.25, 0.3) is 0 Å². The van der Waals surface area contributed by atoms with Crippen LogP contribution in [-0.4, -0.2) is 17.3 Å². The number of hydrogen-bond donors (Lipinski definition) is 1. The second-order valence-corrected chi connectivity index (χ2v) is 5.22. The second kappa shape index (κ2) is 5.78. The number of benzene rings is 1. The highest BCUT2D eigenvalue weighted by molar-refractivity contribution is 6.07. The molecule has 0 fully saturated rings. The molecule has 1 aromatic carbocycles. The lowest BCUT2D eigenvalue weighted by molar-refractivity contribution is -0.121. The summed E-state index contributed by atoms with van der Waals surface area (Å²) in [6.07, 6.45) is 0. The lowest BCUT2D eigenvalue weighted by Crippen LogP contribution is -2.29. The highest BCUT2D eigenvalue weighted by Crippen LogP contribution is 2.19. The second-order valence-electron chi connectivity index (χ2n) is 5.22. The minimum absolute atomic E-state index is 0.0536. The van der Waals surface area contributed by atoms with Crippen LogP contribution in [0.15, 0.2) is 34.5 Å². The van der Waals surface area contributed by atoms with Gasteiger partial charge in [-0.1, -0.05) is 29.8 Å². The van der Waals surface area contributed by atoms with Gasteiger partial charge in [-0.2, -0.15) is 5.10 Å². The SMILES string of the molecule is CC(=O)C(C)(C)/C(C)=N\N=C(\N)c1ccc(C)cc1. The van der Waals surface area contributed by atoms with Crippen molar-refractivity contribution in [3.05, 3.63) is 35.4 Å². The van der Waals surface area contributed by atoms with E-state index in [2.05, 4.69) is 10.2 Å². The Labute approximate surface area is 114 Å². The molecule has 4 nitrogen and oxygen atoms in total. The fraction of sp³-hybridized carbons (Fsp3) is 0.400. The van der Waals surface area contributed by atoms with Gasteiger partial charge >= 0.3 is 0 Å². The smallest absolute Gasteiger partial charge is 0.153 e. The van der Waals surface area contributed by atoms with Gasteiger partial charge < -0.3 is 5.73 Å². The molecular formula is C15H21N3O. The maximum absolute atomic E-state index is 11.5. The molecular weight excluding hydrogens is 238 g/mol. The van der Waals surface area contributed by atoms with Crippen molar-refractivity contribution in [2.75, 3.05) is 0 Å². The van der Waals surface area contributed by atoms with Gasteiger partial charge in [0, 0.05) is 5.56 Å². The van der Waals surface area contributed by atoms with Crippen LogP contribution in [0.5, 0.6) is 0 Å². The minimum Gasteiger partial charge on any atom is -0.382 e. The van der Waals surface area contributed by atoms with Crippen LogP contribution in [0.25, 0.3) is 0 Å². The molecule has 1 aromatic rings. The summed E-state index contributed by atoms with van der Waals surface area (Å²) in [5, 5.41) is 8.08. The van der Waals surface area contributed by atoms with Crippen molar-refractivity contribution in [2.24, 2.45) is 21.4 Å². The Kier molecular flexibility index (Phi) is 4.59. The largest absolute Gasteiger partial charge is 0.382 e. The molecule has 0 saturated carbocycles. The summed E-state index contributed by atoms with van der Waals surface area (Å²) in [7, 11) is 0. The summed E-state index contributed by atoms with van der Waals surface area (Å²) in [6, 6.07) is 7.73. The molecule has 0 aliphatic heterocycles. The monoisotopic (exact) mass is 259 g/mol. The number of ketones is 1. The summed E-state index contributed by atoms with van der Waals surface area (Å²) in [4.78, 5) is 11.5. The van der Waals surface area contributed by atoms with Crippen molar-refractivity contribution in [3.8, 4) is 0 Å². The van der Waals surface area contributed by atoms with Gasteiger partial charge in [0.2, 0.25) is 0 Å². The third kappa shape index (κ3) is 3.74. The van der Waals surface area contributed by atoms with Crippen LogP contribution < -0.4 is 5.73 Å². The molecule has 2 N–H and O–H groups in total. The number of carbonyl (C=O) groups excluding carboxylic acids is 1. The van der Waals surface area contributed by atoms with Crippen LogP contribution in [0.4, 0.5) is 0 Å². The quantitative estimate of drug-likeness (QED) is 0.513. The van der Waals surface area contributed by atoms with Crippen LogP contribution >= 0.6 is 0 Å². The molecule has 0 unspecified atom stereocenters. The minimum atomic E-state index is -0.614. The topological polar surface area (TPSA) is 67.8 Å². The zero-order valence-corrected chi connectivity index (χ0v) is 12.2. The number of hydrogen-bond acceptors (Lipinski definition) is 3. The summed E-state index contributed by atoms with van der Waals surface area (Å²) in [5.74, 6) is 0.400. The Morgan fingerprint density at radius 1 is 1.11 bits per heavy atom.